The molecule has 0 unspecified atom stereocenters. The Labute approximate surface area is 112 Å². The molecule has 1 aliphatic rings. The molecule has 0 spiro atoms. The van der Waals surface area contributed by atoms with Crippen molar-refractivity contribution in [3.8, 4) is 5.75 Å². The van der Waals surface area contributed by atoms with Gasteiger partial charge < -0.3 is 9.47 Å². The molecular weight excluding hydrogens is 252 g/mol. The molecule has 2 rings (SSSR count). The van der Waals surface area contributed by atoms with Crippen molar-refractivity contribution in [2.24, 2.45) is 0 Å². The number of carbonyl (C=O) groups excluding carboxylic acids is 1. The minimum atomic E-state index is -0.414. The number of rotatable bonds is 3. The van der Waals surface area contributed by atoms with Crippen LogP contribution in [-0.2, 0) is 4.74 Å². The lowest BCUT2D eigenvalue weighted by Gasteiger charge is -2.24. The number of halogens is 1. The van der Waals surface area contributed by atoms with E-state index >= 15 is 0 Å². The van der Waals surface area contributed by atoms with Crippen molar-refractivity contribution in [1.82, 2.24) is 0 Å². The van der Waals surface area contributed by atoms with Gasteiger partial charge in [-0.3, -0.25) is 0 Å². The third-order valence-electron chi connectivity index (χ3n) is 3.19. The largest absolute Gasteiger partial charge is 0.490 e. The first-order valence-electron chi connectivity index (χ1n) is 6.25. The maximum Gasteiger partial charge on any atom is 0.341 e. The predicted octanol–water partition coefficient (Wildman–Crippen LogP) is 3.84. The van der Waals surface area contributed by atoms with Crippen LogP contribution in [0.5, 0.6) is 5.75 Å². The summed E-state index contributed by atoms with van der Waals surface area (Å²) in [5.74, 6) is 0.154. The number of ether oxygens (including phenoxy) is 2. The van der Waals surface area contributed by atoms with Crippen LogP contribution in [0.2, 0.25) is 5.02 Å². The minimum absolute atomic E-state index is 0.198. The summed E-state index contributed by atoms with van der Waals surface area (Å²) in [6.07, 6.45) is 5.93. The van der Waals surface area contributed by atoms with E-state index in [4.69, 9.17) is 21.1 Å². The molecule has 0 aliphatic heterocycles. The van der Waals surface area contributed by atoms with Gasteiger partial charge in [0, 0.05) is 5.02 Å². The normalized spacial score (nSPS) is 16.3. The van der Waals surface area contributed by atoms with Crippen molar-refractivity contribution >= 4 is 17.6 Å². The summed E-state index contributed by atoms with van der Waals surface area (Å²) in [6, 6.07) is 5.06. The highest BCUT2D eigenvalue weighted by Crippen LogP contribution is 2.28. The molecule has 0 atom stereocenters. The molecule has 0 N–H and O–H groups in total. The van der Waals surface area contributed by atoms with Gasteiger partial charge in [-0.05, 0) is 43.9 Å². The SMILES string of the molecule is COC(=O)c1cc(Cl)ccc1OC1CCCCC1. The lowest BCUT2D eigenvalue weighted by Crippen LogP contribution is -2.21. The Bertz CT molecular complexity index is 425. The fourth-order valence-electron chi connectivity index (χ4n) is 2.24. The first kappa shape index (κ1) is 13.2. The number of carbonyl (C=O) groups is 1. The summed E-state index contributed by atoms with van der Waals surface area (Å²) in [6.45, 7) is 0. The molecule has 98 valence electrons. The van der Waals surface area contributed by atoms with Crippen molar-refractivity contribution in [3.05, 3.63) is 28.8 Å². The Morgan fingerprint density at radius 1 is 1.28 bits per heavy atom. The highest BCUT2D eigenvalue weighted by atomic mass is 35.5. The molecule has 4 heteroatoms. The van der Waals surface area contributed by atoms with Crippen molar-refractivity contribution in [2.45, 2.75) is 38.2 Å². The topological polar surface area (TPSA) is 35.5 Å². The lowest BCUT2D eigenvalue weighted by atomic mass is 9.97. The molecule has 1 aliphatic carbocycles. The van der Waals surface area contributed by atoms with Crippen LogP contribution in [0, 0.1) is 0 Å². The van der Waals surface area contributed by atoms with Gasteiger partial charge in [-0.1, -0.05) is 18.0 Å². The van der Waals surface area contributed by atoms with Crippen LogP contribution in [0.4, 0.5) is 0 Å². The van der Waals surface area contributed by atoms with Gasteiger partial charge in [-0.2, -0.15) is 0 Å². The number of esters is 1. The first-order valence-corrected chi connectivity index (χ1v) is 6.63. The highest BCUT2D eigenvalue weighted by molar-refractivity contribution is 6.31. The Morgan fingerprint density at radius 3 is 2.67 bits per heavy atom. The second-order valence-electron chi connectivity index (χ2n) is 4.51. The van der Waals surface area contributed by atoms with Gasteiger partial charge in [-0.25, -0.2) is 4.79 Å². The van der Waals surface area contributed by atoms with Gasteiger partial charge in [0.05, 0.1) is 13.2 Å². The summed E-state index contributed by atoms with van der Waals surface area (Å²) in [5.41, 5.74) is 0.399. The van der Waals surface area contributed by atoms with Gasteiger partial charge in [-0.15, -0.1) is 0 Å². The summed E-state index contributed by atoms with van der Waals surface area (Å²) >= 11 is 5.90. The Balaban J connectivity index is 2.17. The van der Waals surface area contributed by atoms with E-state index in [1.807, 2.05) is 0 Å². The molecule has 3 nitrogen and oxygen atoms in total. The molecule has 0 bridgehead atoms. The predicted molar refractivity (Wildman–Crippen MR) is 70.3 cm³/mol. The minimum Gasteiger partial charge on any atom is -0.490 e. The van der Waals surface area contributed by atoms with E-state index in [9.17, 15) is 4.79 Å². The van der Waals surface area contributed by atoms with Gasteiger partial charge in [0.1, 0.15) is 11.3 Å². The number of benzene rings is 1. The average Bonchev–Trinajstić information content (AvgIpc) is 2.41. The summed E-state index contributed by atoms with van der Waals surface area (Å²) in [4.78, 5) is 11.7. The molecule has 0 radical (unpaired) electrons. The van der Waals surface area contributed by atoms with E-state index in [-0.39, 0.29) is 6.10 Å². The van der Waals surface area contributed by atoms with E-state index in [1.165, 1.54) is 26.4 Å². The molecule has 1 aromatic rings. The van der Waals surface area contributed by atoms with Gasteiger partial charge in [0.2, 0.25) is 0 Å². The van der Waals surface area contributed by atoms with Crippen LogP contribution in [-0.4, -0.2) is 19.2 Å². The summed E-state index contributed by atoms with van der Waals surface area (Å²) in [7, 11) is 1.35. The molecule has 0 heterocycles. The Kier molecular flexibility index (Phi) is 4.48. The van der Waals surface area contributed by atoms with E-state index in [0.717, 1.165) is 12.8 Å². The lowest BCUT2D eigenvalue weighted by molar-refractivity contribution is 0.0590. The van der Waals surface area contributed by atoms with Crippen molar-refractivity contribution in [3.63, 3.8) is 0 Å². The molecular formula is C14H17ClO3. The van der Waals surface area contributed by atoms with Crippen LogP contribution in [0.3, 0.4) is 0 Å². The number of methoxy groups -OCH3 is 1. The molecule has 1 aromatic carbocycles. The fourth-order valence-corrected chi connectivity index (χ4v) is 2.41. The Morgan fingerprint density at radius 2 is 2.00 bits per heavy atom. The van der Waals surface area contributed by atoms with Gasteiger partial charge in [0.15, 0.2) is 0 Å². The van der Waals surface area contributed by atoms with Crippen LogP contribution in [0.25, 0.3) is 0 Å². The van der Waals surface area contributed by atoms with E-state index < -0.39 is 5.97 Å². The van der Waals surface area contributed by atoms with Crippen LogP contribution < -0.4 is 4.74 Å². The zero-order chi connectivity index (χ0) is 13.0. The maximum absolute atomic E-state index is 11.7. The van der Waals surface area contributed by atoms with E-state index in [0.29, 0.717) is 16.3 Å². The maximum atomic E-state index is 11.7. The van der Waals surface area contributed by atoms with Crippen LogP contribution in [0.1, 0.15) is 42.5 Å². The van der Waals surface area contributed by atoms with E-state index in [1.54, 1.807) is 18.2 Å². The number of hydrogen-bond acceptors (Lipinski definition) is 3. The standard InChI is InChI=1S/C14H17ClO3/c1-17-14(16)12-9-10(15)7-8-13(12)18-11-5-3-2-4-6-11/h7-9,11H,2-6H2,1H3. The molecule has 1 fully saturated rings. The third-order valence-corrected chi connectivity index (χ3v) is 3.43. The summed E-state index contributed by atoms with van der Waals surface area (Å²) < 4.78 is 10.6. The van der Waals surface area contributed by atoms with Crippen LogP contribution >= 0.6 is 11.6 Å². The quantitative estimate of drug-likeness (QED) is 0.782. The first-order chi connectivity index (χ1) is 8.70. The monoisotopic (exact) mass is 268 g/mol. The second kappa shape index (κ2) is 6.10. The van der Waals surface area contributed by atoms with E-state index in [2.05, 4.69) is 0 Å². The second-order valence-corrected chi connectivity index (χ2v) is 4.95. The fraction of sp³-hybridized carbons (Fsp3) is 0.500. The van der Waals surface area contributed by atoms with Crippen LogP contribution in [0.15, 0.2) is 18.2 Å². The molecule has 1 saturated carbocycles. The zero-order valence-corrected chi connectivity index (χ0v) is 11.2. The van der Waals surface area contributed by atoms with Crippen molar-refractivity contribution in [2.75, 3.05) is 7.11 Å². The molecule has 0 amide bonds. The van der Waals surface area contributed by atoms with Crippen molar-refractivity contribution < 1.29 is 14.3 Å². The third kappa shape index (κ3) is 3.16. The molecule has 18 heavy (non-hydrogen) atoms. The Hall–Kier alpha value is -1.22. The number of hydrogen-bond donors (Lipinski definition) is 0. The van der Waals surface area contributed by atoms with Crippen molar-refractivity contribution in [1.29, 1.82) is 0 Å². The zero-order valence-electron chi connectivity index (χ0n) is 10.4. The average molecular weight is 269 g/mol. The van der Waals surface area contributed by atoms with Gasteiger partial charge in [0.25, 0.3) is 0 Å². The smallest absolute Gasteiger partial charge is 0.341 e. The molecule has 0 saturated heterocycles. The molecule has 0 aromatic heterocycles. The summed E-state index contributed by atoms with van der Waals surface area (Å²) in [5, 5.41) is 0.506. The highest BCUT2D eigenvalue weighted by Gasteiger charge is 2.19. The van der Waals surface area contributed by atoms with Gasteiger partial charge >= 0.3 is 5.97 Å².